The van der Waals surface area contributed by atoms with E-state index < -0.39 is 0 Å². The van der Waals surface area contributed by atoms with E-state index in [2.05, 4.69) is 59.1 Å². The lowest BCUT2D eigenvalue weighted by molar-refractivity contribution is 0.591. The van der Waals surface area contributed by atoms with Gasteiger partial charge in [0, 0.05) is 6.20 Å². The number of benzene rings is 1. The maximum Gasteiger partial charge on any atom is 0.161 e. The van der Waals surface area contributed by atoms with Crippen LogP contribution >= 0.6 is 0 Å². The minimum absolute atomic E-state index is 0.110. The number of hydrogen-bond acceptors (Lipinski definition) is 3. The van der Waals surface area contributed by atoms with E-state index in [-0.39, 0.29) is 5.41 Å². The fourth-order valence-corrected chi connectivity index (χ4v) is 2.07. The average Bonchev–Trinajstić information content (AvgIpc) is 2.91. The van der Waals surface area contributed by atoms with Crippen LogP contribution in [0.15, 0.2) is 24.4 Å². The maximum atomic E-state index is 5.84. The highest BCUT2D eigenvalue weighted by Crippen LogP contribution is 2.27. The van der Waals surface area contributed by atoms with Gasteiger partial charge in [0.15, 0.2) is 11.5 Å². The van der Waals surface area contributed by atoms with Crippen molar-refractivity contribution in [3.05, 3.63) is 30.0 Å². The number of imidazole rings is 1. The predicted octanol–water partition coefficient (Wildman–Crippen LogP) is 2.83. The summed E-state index contributed by atoms with van der Waals surface area (Å²) in [5.74, 6) is 0.694. The number of nitrogens with zero attached hydrogens (tertiary/aromatic N) is 2. The van der Waals surface area contributed by atoms with Gasteiger partial charge in [-0.3, -0.25) is 5.10 Å². The van der Waals surface area contributed by atoms with Crippen molar-refractivity contribution in [3.8, 4) is 11.5 Å². The summed E-state index contributed by atoms with van der Waals surface area (Å²) in [5.41, 5.74) is 10.4. The highest BCUT2D eigenvalue weighted by atomic mass is 15.1. The highest BCUT2D eigenvalue weighted by molar-refractivity contribution is 5.81. The van der Waals surface area contributed by atoms with Crippen molar-refractivity contribution < 1.29 is 0 Å². The molecule has 0 aliphatic rings. The molecule has 3 rings (SSSR count). The quantitative estimate of drug-likeness (QED) is 0.625. The Hall–Kier alpha value is -2.30. The molecule has 0 saturated carbocycles. The number of rotatable bonds is 1. The molecule has 98 valence electrons. The van der Waals surface area contributed by atoms with E-state index in [1.807, 2.05) is 0 Å². The van der Waals surface area contributed by atoms with E-state index in [9.17, 15) is 0 Å². The third-order valence-electron chi connectivity index (χ3n) is 3.24. The molecule has 1 aromatic carbocycles. The first kappa shape index (κ1) is 11.8. The van der Waals surface area contributed by atoms with Crippen LogP contribution in [-0.2, 0) is 5.41 Å². The molecular formula is C14H17N5. The molecule has 0 unspecified atom stereocenters. The van der Waals surface area contributed by atoms with Crippen molar-refractivity contribution in [3.63, 3.8) is 0 Å². The number of nitrogens with two attached hydrogens (primary N) is 1. The lowest BCUT2D eigenvalue weighted by Crippen LogP contribution is -2.10. The zero-order chi connectivity index (χ0) is 13.6. The Kier molecular flexibility index (Phi) is 2.38. The summed E-state index contributed by atoms with van der Waals surface area (Å²) in [6.45, 7) is 6.56. The van der Waals surface area contributed by atoms with Gasteiger partial charge in [0.05, 0.1) is 16.7 Å². The number of H-pyrrole nitrogens is 2. The fourth-order valence-electron chi connectivity index (χ4n) is 2.07. The number of fused-ring (bicyclic) bond motifs is 1. The van der Waals surface area contributed by atoms with Crippen LogP contribution in [-0.4, -0.2) is 20.2 Å². The molecule has 0 bridgehead atoms. The maximum absolute atomic E-state index is 5.84. The minimum atomic E-state index is 0.110. The van der Waals surface area contributed by atoms with Gasteiger partial charge in [0.2, 0.25) is 0 Å². The minimum Gasteiger partial charge on any atom is -0.396 e. The molecule has 5 heteroatoms. The summed E-state index contributed by atoms with van der Waals surface area (Å²) >= 11 is 0. The SMILES string of the molecule is CC(C)(C)c1ccc2[nH]c(-c3n[nH]cc3N)nc2c1. The van der Waals surface area contributed by atoms with Crippen LogP contribution in [0.4, 0.5) is 5.69 Å². The van der Waals surface area contributed by atoms with Crippen LogP contribution in [0.2, 0.25) is 0 Å². The Morgan fingerprint density at radius 3 is 2.63 bits per heavy atom. The lowest BCUT2D eigenvalue weighted by Gasteiger charge is -2.18. The van der Waals surface area contributed by atoms with Crippen molar-refractivity contribution >= 4 is 16.7 Å². The Morgan fingerprint density at radius 2 is 2.00 bits per heavy atom. The smallest absolute Gasteiger partial charge is 0.161 e. The summed E-state index contributed by atoms with van der Waals surface area (Å²) < 4.78 is 0. The standard InChI is InChI=1S/C14H17N5/c1-14(2,3)8-4-5-10-11(6-8)18-13(17-10)12-9(15)7-16-19-12/h4-7H,15H2,1-3H3,(H,16,19)(H,17,18). The van der Waals surface area contributed by atoms with Gasteiger partial charge in [0.25, 0.3) is 0 Å². The van der Waals surface area contributed by atoms with E-state index >= 15 is 0 Å². The molecular weight excluding hydrogens is 238 g/mol. The molecule has 0 aliphatic carbocycles. The Balaban J connectivity index is 2.14. The molecule has 2 aromatic heterocycles. The third-order valence-corrected chi connectivity index (χ3v) is 3.24. The van der Waals surface area contributed by atoms with Gasteiger partial charge in [-0.15, -0.1) is 0 Å². The largest absolute Gasteiger partial charge is 0.396 e. The van der Waals surface area contributed by atoms with Crippen LogP contribution in [0.1, 0.15) is 26.3 Å². The summed E-state index contributed by atoms with van der Waals surface area (Å²) in [5, 5.41) is 6.85. The first-order valence-electron chi connectivity index (χ1n) is 6.25. The second kappa shape index (κ2) is 3.85. The molecule has 2 heterocycles. The fraction of sp³-hybridized carbons (Fsp3) is 0.286. The average molecular weight is 255 g/mol. The van der Waals surface area contributed by atoms with Gasteiger partial charge >= 0.3 is 0 Å². The van der Waals surface area contributed by atoms with Crippen LogP contribution in [0, 0.1) is 0 Å². The second-order valence-corrected chi connectivity index (χ2v) is 5.76. The molecule has 0 saturated heterocycles. The summed E-state index contributed by atoms with van der Waals surface area (Å²) in [4.78, 5) is 7.82. The molecule has 4 N–H and O–H groups in total. The molecule has 0 fully saturated rings. The molecule has 0 atom stereocenters. The summed E-state index contributed by atoms with van der Waals surface area (Å²) in [7, 11) is 0. The molecule has 3 aromatic rings. The van der Waals surface area contributed by atoms with Gasteiger partial charge in [0.1, 0.15) is 0 Å². The number of nitrogen functional groups attached to an aromatic ring is 1. The lowest BCUT2D eigenvalue weighted by atomic mass is 9.87. The van der Waals surface area contributed by atoms with E-state index in [1.54, 1.807) is 6.20 Å². The zero-order valence-electron chi connectivity index (χ0n) is 11.3. The van der Waals surface area contributed by atoms with E-state index in [1.165, 1.54) is 5.56 Å². The summed E-state index contributed by atoms with van der Waals surface area (Å²) in [6, 6.07) is 6.28. The second-order valence-electron chi connectivity index (χ2n) is 5.76. The topological polar surface area (TPSA) is 83.4 Å². The van der Waals surface area contributed by atoms with Gasteiger partial charge in [-0.25, -0.2) is 4.98 Å². The molecule has 19 heavy (non-hydrogen) atoms. The molecule has 0 spiro atoms. The third kappa shape index (κ3) is 1.97. The normalized spacial score (nSPS) is 12.2. The molecule has 0 amide bonds. The highest BCUT2D eigenvalue weighted by Gasteiger charge is 2.16. The van der Waals surface area contributed by atoms with Gasteiger partial charge in [-0.2, -0.15) is 5.10 Å². The van der Waals surface area contributed by atoms with Crippen molar-refractivity contribution in [1.29, 1.82) is 0 Å². The van der Waals surface area contributed by atoms with Gasteiger partial charge in [-0.05, 0) is 23.1 Å². The van der Waals surface area contributed by atoms with Crippen LogP contribution < -0.4 is 5.73 Å². The van der Waals surface area contributed by atoms with Crippen LogP contribution in [0.25, 0.3) is 22.6 Å². The zero-order valence-corrected chi connectivity index (χ0v) is 11.3. The number of aromatic nitrogens is 4. The van der Waals surface area contributed by atoms with Gasteiger partial charge < -0.3 is 10.7 Å². The van der Waals surface area contributed by atoms with E-state index in [0.717, 1.165) is 11.0 Å². The first-order valence-corrected chi connectivity index (χ1v) is 6.25. The predicted molar refractivity (Wildman–Crippen MR) is 76.8 cm³/mol. The first-order chi connectivity index (χ1) is 8.95. The van der Waals surface area contributed by atoms with Crippen molar-refractivity contribution in [2.75, 3.05) is 5.73 Å². The van der Waals surface area contributed by atoms with Gasteiger partial charge in [-0.1, -0.05) is 26.8 Å². The number of aromatic amines is 2. The molecule has 5 nitrogen and oxygen atoms in total. The van der Waals surface area contributed by atoms with E-state index in [0.29, 0.717) is 17.2 Å². The number of anilines is 1. The monoisotopic (exact) mass is 255 g/mol. The van der Waals surface area contributed by atoms with Crippen LogP contribution in [0.3, 0.4) is 0 Å². The summed E-state index contributed by atoms with van der Waals surface area (Å²) in [6.07, 6.45) is 1.66. The van der Waals surface area contributed by atoms with Crippen molar-refractivity contribution in [1.82, 2.24) is 20.2 Å². The van der Waals surface area contributed by atoms with Crippen molar-refractivity contribution in [2.45, 2.75) is 26.2 Å². The Morgan fingerprint density at radius 1 is 1.21 bits per heavy atom. The van der Waals surface area contributed by atoms with Crippen LogP contribution in [0.5, 0.6) is 0 Å². The Bertz CT molecular complexity index is 730. The number of nitrogens with one attached hydrogen (secondary N) is 2. The van der Waals surface area contributed by atoms with E-state index in [4.69, 9.17) is 5.73 Å². The number of hydrogen-bond donors (Lipinski definition) is 3. The van der Waals surface area contributed by atoms with Crippen molar-refractivity contribution in [2.24, 2.45) is 0 Å². The molecule has 0 aliphatic heterocycles. The molecule has 0 radical (unpaired) electrons. The Labute approximate surface area is 111 Å².